The summed E-state index contributed by atoms with van der Waals surface area (Å²) < 4.78 is 0. The van der Waals surface area contributed by atoms with Crippen molar-refractivity contribution in [3.05, 3.63) is 0 Å². The first kappa shape index (κ1) is 12.0. The normalized spacial score (nSPS) is 26.8. The quantitative estimate of drug-likeness (QED) is 0.626. The van der Waals surface area contributed by atoms with Crippen molar-refractivity contribution in [1.29, 1.82) is 0 Å². The Labute approximate surface area is 89.7 Å². The molecular formula is C13H27N. The highest BCUT2D eigenvalue weighted by molar-refractivity contribution is 4.88. The van der Waals surface area contributed by atoms with Gasteiger partial charge in [-0.1, -0.05) is 33.6 Å². The van der Waals surface area contributed by atoms with Crippen molar-refractivity contribution in [2.45, 2.75) is 59.3 Å². The van der Waals surface area contributed by atoms with Gasteiger partial charge in [0.1, 0.15) is 0 Å². The van der Waals surface area contributed by atoms with Crippen molar-refractivity contribution < 1.29 is 0 Å². The van der Waals surface area contributed by atoms with Crippen LogP contribution in [0.1, 0.15) is 59.3 Å². The van der Waals surface area contributed by atoms with Crippen LogP contribution in [-0.4, -0.2) is 13.1 Å². The Balaban J connectivity index is 0.000000461. The summed E-state index contributed by atoms with van der Waals surface area (Å²) >= 11 is 0. The molecule has 2 rings (SSSR count). The molecule has 1 heteroatoms. The van der Waals surface area contributed by atoms with Crippen LogP contribution in [0, 0.1) is 11.3 Å². The van der Waals surface area contributed by atoms with E-state index in [1.807, 2.05) is 13.8 Å². The number of piperidine rings is 1. The van der Waals surface area contributed by atoms with Crippen molar-refractivity contribution in [1.82, 2.24) is 5.32 Å². The van der Waals surface area contributed by atoms with E-state index in [0.717, 1.165) is 11.3 Å². The molecule has 1 heterocycles. The summed E-state index contributed by atoms with van der Waals surface area (Å²) in [6.45, 7) is 8.96. The van der Waals surface area contributed by atoms with Crippen LogP contribution < -0.4 is 5.32 Å². The predicted molar refractivity (Wildman–Crippen MR) is 63.5 cm³/mol. The minimum absolute atomic E-state index is 0.776. The average molecular weight is 197 g/mol. The summed E-state index contributed by atoms with van der Waals surface area (Å²) in [6.07, 6.45) is 8.88. The second-order valence-corrected chi connectivity index (χ2v) is 4.93. The lowest BCUT2D eigenvalue weighted by Gasteiger charge is -2.42. The molecule has 0 unspecified atom stereocenters. The van der Waals surface area contributed by atoms with E-state index in [0.29, 0.717) is 0 Å². The van der Waals surface area contributed by atoms with Crippen molar-refractivity contribution in [2.24, 2.45) is 11.3 Å². The zero-order chi connectivity index (χ0) is 10.4. The van der Waals surface area contributed by atoms with E-state index in [4.69, 9.17) is 0 Å². The number of rotatable bonds is 0. The molecule has 0 aromatic heterocycles. The highest BCUT2D eigenvalue weighted by Crippen LogP contribution is 2.44. The third-order valence-corrected chi connectivity index (χ3v) is 4.00. The summed E-state index contributed by atoms with van der Waals surface area (Å²) in [5.74, 6) is 1.01. The maximum atomic E-state index is 3.47. The van der Waals surface area contributed by atoms with Gasteiger partial charge in [0.2, 0.25) is 0 Å². The fourth-order valence-electron chi connectivity index (χ4n) is 2.83. The standard InChI is InChI=1S/C11H21N.C2H6/c1-10-2-4-11(5-3-10)6-8-12-9-7-11;1-2/h10,12H,2-9H2,1H3;1-2H3. The largest absolute Gasteiger partial charge is 0.317 e. The minimum Gasteiger partial charge on any atom is -0.317 e. The van der Waals surface area contributed by atoms with Gasteiger partial charge in [-0.15, -0.1) is 0 Å². The first-order valence-electron chi connectivity index (χ1n) is 6.52. The molecule has 0 amide bonds. The van der Waals surface area contributed by atoms with Gasteiger partial charge in [0.25, 0.3) is 0 Å². The maximum absolute atomic E-state index is 3.47. The maximum Gasteiger partial charge on any atom is -0.00436 e. The fourth-order valence-corrected chi connectivity index (χ4v) is 2.83. The van der Waals surface area contributed by atoms with Gasteiger partial charge in [0, 0.05) is 0 Å². The molecule has 0 atom stereocenters. The molecule has 1 spiro atoms. The third-order valence-electron chi connectivity index (χ3n) is 4.00. The SMILES string of the molecule is CC.CC1CCC2(CCNCC2)CC1. The molecule has 0 bridgehead atoms. The van der Waals surface area contributed by atoms with Crippen LogP contribution in [0.15, 0.2) is 0 Å². The van der Waals surface area contributed by atoms with Crippen molar-refractivity contribution in [3.8, 4) is 0 Å². The molecule has 0 aromatic rings. The molecule has 2 fully saturated rings. The smallest absolute Gasteiger partial charge is 0.00436 e. The molecule has 84 valence electrons. The van der Waals surface area contributed by atoms with Gasteiger partial charge < -0.3 is 5.32 Å². The van der Waals surface area contributed by atoms with Crippen molar-refractivity contribution >= 4 is 0 Å². The zero-order valence-electron chi connectivity index (χ0n) is 10.2. The summed E-state index contributed by atoms with van der Waals surface area (Å²) in [6, 6.07) is 0. The minimum atomic E-state index is 0.776. The van der Waals surface area contributed by atoms with Crippen LogP contribution in [0.25, 0.3) is 0 Å². The van der Waals surface area contributed by atoms with E-state index in [1.165, 1.54) is 51.6 Å². The van der Waals surface area contributed by atoms with Gasteiger partial charge in [-0.2, -0.15) is 0 Å². The molecule has 1 saturated carbocycles. The van der Waals surface area contributed by atoms with E-state index in [-0.39, 0.29) is 0 Å². The van der Waals surface area contributed by atoms with Crippen LogP contribution in [0.2, 0.25) is 0 Å². The molecule has 1 aliphatic heterocycles. The Morgan fingerprint density at radius 3 is 1.93 bits per heavy atom. The van der Waals surface area contributed by atoms with Crippen LogP contribution in [0.4, 0.5) is 0 Å². The highest BCUT2D eigenvalue weighted by atomic mass is 14.9. The van der Waals surface area contributed by atoms with Crippen molar-refractivity contribution in [2.75, 3.05) is 13.1 Å². The molecule has 1 N–H and O–H groups in total. The Kier molecular flexibility index (Phi) is 4.94. The van der Waals surface area contributed by atoms with Gasteiger partial charge in [-0.25, -0.2) is 0 Å². The monoisotopic (exact) mass is 197 g/mol. The number of nitrogens with one attached hydrogen (secondary N) is 1. The molecule has 2 aliphatic rings. The zero-order valence-corrected chi connectivity index (χ0v) is 10.2. The Morgan fingerprint density at radius 2 is 1.43 bits per heavy atom. The number of hydrogen-bond acceptors (Lipinski definition) is 1. The van der Waals surface area contributed by atoms with Gasteiger partial charge >= 0.3 is 0 Å². The highest BCUT2D eigenvalue weighted by Gasteiger charge is 2.34. The second-order valence-electron chi connectivity index (χ2n) is 4.93. The van der Waals surface area contributed by atoms with Crippen LogP contribution >= 0.6 is 0 Å². The second kappa shape index (κ2) is 5.75. The van der Waals surface area contributed by atoms with E-state index in [9.17, 15) is 0 Å². The third kappa shape index (κ3) is 2.98. The Bertz CT molecular complexity index is 137. The Hall–Kier alpha value is -0.0400. The van der Waals surface area contributed by atoms with Crippen molar-refractivity contribution in [3.63, 3.8) is 0 Å². The first-order chi connectivity index (χ1) is 6.81. The Morgan fingerprint density at radius 1 is 0.929 bits per heavy atom. The summed E-state index contributed by atoms with van der Waals surface area (Å²) in [5, 5.41) is 3.47. The molecule has 1 aliphatic carbocycles. The molecule has 1 saturated heterocycles. The summed E-state index contributed by atoms with van der Waals surface area (Å²) in [5.41, 5.74) is 0.776. The predicted octanol–water partition coefficient (Wildman–Crippen LogP) is 3.59. The lowest BCUT2D eigenvalue weighted by molar-refractivity contribution is 0.110. The van der Waals surface area contributed by atoms with Gasteiger partial charge in [0.15, 0.2) is 0 Å². The lowest BCUT2D eigenvalue weighted by atomic mass is 9.66. The van der Waals surface area contributed by atoms with Gasteiger partial charge in [-0.05, 0) is 50.1 Å². The van der Waals surface area contributed by atoms with E-state index in [2.05, 4.69) is 12.2 Å². The first-order valence-corrected chi connectivity index (χ1v) is 6.52. The average Bonchev–Trinajstić information content (AvgIpc) is 2.27. The molecule has 14 heavy (non-hydrogen) atoms. The molecular weight excluding hydrogens is 170 g/mol. The molecule has 1 nitrogen and oxygen atoms in total. The molecule has 0 aromatic carbocycles. The molecule has 0 radical (unpaired) electrons. The topological polar surface area (TPSA) is 12.0 Å². The van der Waals surface area contributed by atoms with Gasteiger partial charge in [0.05, 0.1) is 0 Å². The van der Waals surface area contributed by atoms with E-state index >= 15 is 0 Å². The van der Waals surface area contributed by atoms with E-state index in [1.54, 1.807) is 0 Å². The van der Waals surface area contributed by atoms with Gasteiger partial charge in [-0.3, -0.25) is 0 Å². The van der Waals surface area contributed by atoms with Crippen LogP contribution in [0.3, 0.4) is 0 Å². The van der Waals surface area contributed by atoms with Crippen LogP contribution in [-0.2, 0) is 0 Å². The summed E-state index contributed by atoms with van der Waals surface area (Å²) in [7, 11) is 0. The fraction of sp³-hybridized carbons (Fsp3) is 1.00. The van der Waals surface area contributed by atoms with E-state index < -0.39 is 0 Å². The summed E-state index contributed by atoms with van der Waals surface area (Å²) in [4.78, 5) is 0. The van der Waals surface area contributed by atoms with Crippen LogP contribution in [0.5, 0.6) is 0 Å². The lowest BCUT2D eigenvalue weighted by Crippen LogP contribution is -2.38. The number of hydrogen-bond donors (Lipinski definition) is 1.